The number of hydrogen-bond donors (Lipinski definition) is 0. The molecule has 1 aliphatic heterocycles. The highest BCUT2D eigenvalue weighted by molar-refractivity contribution is 5.42. The molecule has 1 unspecified atom stereocenters. The summed E-state index contributed by atoms with van der Waals surface area (Å²) < 4.78 is 10.5. The summed E-state index contributed by atoms with van der Waals surface area (Å²) in [6.45, 7) is 6.61. The van der Waals surface area contributed by atoms with E-state index in [2.05, 4.69) is 24.0 Å². The lowest BCUT2D eigenvalue weighted by molar-refractivity contribution is 0.0938. The predicted molar refractivity (Wildman–Crippen MR) is 77.9 cm³/mol. The average molecular weight is 263 g/mol. The first-order valence-corrected chi connectivity index (χ1v) is 7.21. The molecule has 3 heteroatoms. The topological polar surface area (TPSA) is 25.6 Å². The van der Waals surface area contributed by atoms with Crippen molar-refractivity contribution in [2.45, 2.75) is 19.8 Å². The summed E-state index contributed by atoms with van der Waals surface area (Å²) in [7, 11) is 1.80. The zero-order valence-electron chi connectivity index (χ0n) is 12.0. The quantitative estimate of drug-likeness (QED) is 0.787. The molecule has 0 saturated carbocycles. The SMILES string of the molecule is COCC(C)C1CCN(CC=Cc2ccco2)CC1. The van der Waals surface area contributed by atoms with Gasteiger partial charge in [0.15, 0.2) is 0 Å². The Morgan fingerprint density at radius 2 is 2.26 bits per heavy atom. The highest BCUT2D eigenvalue weighted by Crippen LogP contribution is 2.24. The van der Waals surface area contributed by atoms with Gasteiger partial charge in [-0.3, -0.25) is 4.90 Å². The van der Waals surface area contributed by atoms with Crippen LogP contribution in [0.3, 0.4) is 0 Å². The predicted octanol–water partition coefficient (Wildman–Crippen LogP) is 3.29. The Morgan fingerprint density at radius 1 is 1.47 bits per heavy atom. The van der Waals surface area contributed by atoms with Crippen LogP contribution in [0.1, 0.15) is 25.5 Å². The van der Waals surface area contributed by atoms with E-state index in [0.29, 0.717) is 5.92 Å². The molecule has 0 bridgehead atoms. The van der Waals surface area contributed by atoms with Crippen LogP contribution in [0.4, 0.5) is 0 Å². The number of methoxy groups -OCH3 is 1. The van der Waals surface area contributed by atoms with Gasteiger partial charge >= 0.3 is 0 Å². The van der Waals surface area contributed by atoms with Crippen LogP contribution in [0.2, 0.25) is 0 Å². The molecule has 2 heterocycles. The van der Waals surface area contributed by atoms with E-state index >= 15 is 0 Å². The summed E-state index contributed by atoms with van der Waals surface area (Å²) in [5.74, 6) is 2.44. The van der Waals surface area contributed by atoms with Crippen molar-refractivity contribution >= 4 is 6.08 Å². The number of hydrogen-bond acceptors (Lipinski definition) is 3. The zero-order chi connectivity index (χ0) is 13.5. The number of furan rings is 1. The maximum absolute atomic E-state index is 5.28. The molecule has 0 N–H and O–H groups in total. The summed E-state index contributed by atoms with van der Waals surface area (Å²) >= 11 is 0. The maximum atomic E-state index is 5.28. The Hall–Kier alpha value is -1.06. The Morgan fingerprint density at radius 3 is 2.89 bits per heavy atom. The molecule has 0 spiro atoms. The lowest BCUT2D eigenvalue weighted by Crippen LogP contribution is -2.36. The third kappa shape index (κ3) is 4.51. The summed E-state index contributed by atoms with van der Waals surface area (Å²) in [6.07, 6.45) is 8.54. The lowest BCUT2D eigenvalue weighted by Gasteiger charge is -2.34. The molecule has 0 amide bonds. The monoisotopic (exact) mass is 263 g/mol. The molecular weight excluding hydrogens is 238 g/mol. The second-order valence-electron chi connectivity index (χ2n) is 5.49. The number of likely N-dealkylation sites (tertiary alicyclic amines) is 1. The van der Waals surface area contributed by atoms with Crippen LogP contribution in [0.25, 0.3) is 6.08 Å². The van der Waals surface area contributed by atoms with Gasteiger partial charge in [-0.05, 0) is 56.0 Å². The van der Waals surface area contributed by atoms with Gasteiger partial charge in [-0.15, -0.1) is 0 Å². The van der Waals surface area contributed by atoms with Crippen LogP contribution in [0.15, 0.2) is 28.9 Å². The highest BCUT2D eigenvalue weighted by atomic mass is 16.5. The van der Waals surface area contributed by atoms with E-state index in [1.54, 1.807) is 13.4 Å². The van der Waals surface area contributed by atoms with Crippen molar-refractivity contribution in [3.05, 3.63) is 30.2 Å². The van der Waals surface area contributed by atoms with E-state index in [1.807, 2.05) is 12.1 Å². The van der Waals surface area contributed by atoms with Crippen molar-refractivity contribution in [1.82, 2.24) is 4.90 Å². The fourth-order valence-corrected chi connectivity index (χ4v) is 2.81. The fourth-order valence-electron chi connectivity index (χ4n) is 2.81. The van der Waals surface area contributed by atoms with Crippen LogP contribution < -0.4 is 0 Å². The minimum Gasteiger partial charge on any atom is -0.465 e. The van der Waals surface area contributed by atoms with Crippen molar-refractivity contribution in [2.24, 2.45) is 11.8 Å². The third-order valence-corrected chi connectivity index (χ3v) is 4.06. The molecule has 1 fully saturated rings. The van der Waals surface area contributed by atoms with E-state index in [-0.39, 0.29) is 0 Å². The Kier molecular flexibility index (Phi) is 5.67. The first-order chi connectivity index (χ1) is 9.29. The van der Waals surface area contributed by atoms with Gasteiger partial charge in [0.2, 0.25) is 0 Å². The smallest absolute Gasteiger partial charge is 0.126 e. The van der Waals surface area contributed by atoms with E-state index < -0.39 is 0 Å². The summed E-state index contributed by atoms with van der Waals surface area (Å²) in [5, 5.41) is 0. The fraction of sp³-hybridized carbons (Fsp3) is 0.625. The highest BCUT2D eigenvalue weighted by Gasteiger charge is 2.22. The molecule has 1 aliphatic rings. The summed E-state index contributed by atoms with van der Waals surface area (Å²) in [5.41, 5.74) is 0. The molecule has 1 aromatic rings. The van der Waals surface area contributed by atoms with Gasteiger partial charge in [0.25, 0.3) is 0 Å². The van der Waals surface area contributed by atoms with Crippen LogP contribution in [0.5, 0.6) is 0 Å². The van der Waals surface area contributed by atoms with Crippen molar-refractivity contribution in [1.29, 1.82) is 0 Å². The molecule has 106 valence electrons. The van der Waals surface area contributed by atoms with Gasteiger partial charge < -0.3 is 9.15 Å². The average Bonchev–Trinajstić information content (AvgIpc) is 2.93. The van der Waals surface area contributed by atoms with Crippen molar-refractivity contribution in [3.63, 3.8) is 0 Å². The number of rotatable bonds is 6. The van der Waals surface area contributed by atoms with E-state index in [9.17, 15) is 0 Å². The normalized spacial score (nSPS) is 20.1. The first kappa shape index (κ1) is 14.4. The molecule has 3 nitrogen and oxygen atoms in total. The van der Waals surface area contributed by atoms with Crippen LogP contribution in [-0.2, 0) is 4.74 Å². The standard InChI is InChI=1S/C16H25NO2/c1-14(13-18-2)15-7-10-17(11-8-15)9-3-5-16-6-4-12-19-16/h3-6,12,14-15H,7-11,13H2,1-2H3. The Balaban J connectivity index is 1.69. The van der Waals surface area contributed by atoms with Gasteiger partial charge in [0.05, 0.1) is 6.26 Å². The molecule has 0 radical (unpaired) electrons. The second-order valence-corrected chi connectivity index (χ2v) is 5.49. The Labute approximate surface area is 116 Å². The number of nitrogens with zero attached hydrogens (tertiary/aromatic N) is 1. The van der Waals surface area contributed by atoms with Crippen molar-refractivity contribution < 1.29 is 9.15 Å². The van der Waals surface area contributed by atoms with Crippen LogP contribution in [-0.4, -0.2) is 38.3 Å². The Bertz CT molecular complexity index is 364. The van der Waals surface area contributed by atoms with Gasteiger partial charge in [0, 0.05) is 20.3 Å². The van der Waals surface area contributed by atoms with Gasteiger partial charge in [-0.25, -0.2) is 0 Å². The van der Waals surface area contributed by atoms with Crippen LogP contribution >= 0.6 is 0 Å². The van der Waals surface area contributed by atoms with E-state index in [4.69, 9.17) is 9.15 Å². The zero-order valence-corrected chi connectivity index (χ0v) is 12.0. The minimum absolute atomic E-state index is 0.686. The number of piperidine rings is 1. The van der Waals surface area contributed by atoms with Crippen LogP contribution in [0, 0.1) is 11.8 Å². The van der Waals surface area contributed by atoms with Gasteiger partial charge in [-0.2, -0.15) is 0 Å². The minimum atomic E-state index is 0.686. The summed E-state index contributed by atoms with van der Waals surface area (Å²) in [4.78, 5) is 2.51. The molecule has 0 aromatic carbocycles. The van der Waals surface area contributed by atoms with E-state index in [0.717, 1.165) is 24.8 Å². The summed E-state index contributed by atoms with van der Waals surface area (Å²) in [6, 6.07) is 3.90. The molecular formula is C16H25NO2. The lowest BCUT2D eigenvalue weighted by atomic mass is 9.86. The van der Waals surface area contributed by atoms with Gasteiger partial charge in [-0.1, -0.05) is 13.0 Å². The molecule has 1 atom stereocenters. The van der Waals surface area contributed by atoms with Crippen molar-refractivity contribution in [2.75, 3.05) is 33.4 Å². The maximum Gasteiger partial charge on any atom is 0.126 e. The largest absolute Gasteiger partial charge is 0.465 e. The molecule has 2 rings (SSSR count). The number of ether oxygens (including phenoxy) is 1. The molecule has 0 aliphatic carbocycles. The molecule has 19 heavy (non-hydrogen) atoms. The second kappa shape index (κ2) is 7.51. The van der Waals surface area contributed by atoms with E-state index in [1.165, 1.54) is 25.9 Å². The third-order valence-electron chi connectivity index (χ3n) is 4.06. The molecule has 1 saturated heterocycles. The molecule has 1 aromatic heterocycles. The van der Waals surface area contributed by atoms with Gasteiger partial charge in [0.1, 0.15) is 5.76 Å². The van der Waals surface area contributed by atoms with Crippen molar-refractivity contribution in [3.8, 4) is 0 Å². The first-order valence-electron chi connectivity index (χ1n) is 7.21.